The molecule has 3 aromatic rings. The first-order valence-electron chi connectivity index (χ1n) is 10.4. The number of ether oxygens (including phenoxy) is 2. The molecule has 1 aromatic heterocycles. The molecule has 0 amide bonds. The molecular weight excluding hydrogens is 465 g/mol. The number of nitrogens with zero attached hydrogens (tertiary/aromatic N) is 5. The Morgan fingerprint density at radius 2 is 1.80 bits per heavy atom. The van der Waals surface area contributed by atoms with Gasteiger partial charge >= 0.3 is 5.69 Å². The fourth-order valence-corrected chi connectivity index (χ4v) is 3.36. The number of aliphatic hydroxyl groups excluding tert-OH is 2. The van der Waals surface area contributed by atoms with Crippen molar-refractivity contribution in [3.63, 3.8) is 0 Å². The van der Waals surface area contributed by atoms with E-state index < -0.39 is 47.4 Å². The number of nitro groups is 1. The molecule has 0 saturated carbocycles. The summed E-state index contributed by atoms with van der Waals surface area (Å²) >= 11 is 0. The number of hydrogen-bond donors (Lipinski definition) is 2. The van der Waals surface area contributed by atoms with E-state index in [2.05, 4.69) is 15.2 Å². The fraction of sp³-hybridized carbons (Fsp3) is 0.273. The van der Waals surface area contributed by atoms with Crippen LogP contribution in [0.4, 0.5) is 21.5 Å². The molecule has 3 atom stereocenters. The average Bonchev–Trinajstić information content (AvgIpc) is 3.24. The summed E-state index contributed by atoms with van der Waals surface area (Å²) in [6.07, 6.45) is -1.88. The maximum absolute atomic E-state index is 14.5. The van der Waals surface area contributed by atoms with Gasteiger partial charge in [0.1, 0.15) is 18.9 Å². The van der Waals surface area contributed by atoms with E-state index in [-0.39, 0.29) is 18.7 Å². The van der Waals surface area contributed by atoms with Gasteiger partial charge in [-0.05, 0) is 29.8 Å². The van der Waals surface area contributed by atoms with Crippen molar-refractivity contribution in [2.45, 2.75) is 31.5 Å². The summed E-state index contributed by atoms with van der Waals surface area (Å²) in [6, 6.07) is 12.3. The lowest BCUT2D eigenvalue weighted by molar-refractivity contribution is -0.384. The lowest BCUT2D eigenvalue weighted by Gasteiger charge is -2.15. The average molecular weight is 485 g/mol. The summed E-state index contributed by atoms with van der Waals surface area (Å²) < 4.78 is 26.1. The normalized spacial score (nSPS) is 19.8. The van der Waals surface area contributed by atoms with Crippen molar-refractivity contribution in [2.75, 3.05) is 6.61 Å². The van der Waals surface area contributed by atoms with Gasteiger partial charge in [-0.15, -0.1) is 0 Å². The predicted molar refractivity (Wildman–Crippen MR) is 118 cm³/mol. The molecule has 1 saturated heterocycles. The van der Waals surface area contributed by atoms with Crippen LogP contribution in [0.5, 0.6) is 5.88 Å². The SMILES string of the molecule is O=c1nc(OCc2ccc(N=Nc3ccc([N+](=O)[O-])cc3)cc2)c(F)cn1[C@H]1C[C@H](O)[C@@H](CO)O1. The Morgan fingerprint density at radius 1 is 1.17 bits per heavy atom. The highest BCUT2D eigenvalue weighted by molar-refractivity contribution is 5.45. The number of aliphatic hydroxyl groups is 2. The summed E-state index contributed by atoms with van der Waals surface area (Å²) in [5, 5.41) is 37.7. The molecule has 13 heteroatoms. The highest BCUT2D eigenvalue weighted by atomic mass is 19.1. The molecule has 4 rings (SSSR count). The van der Waals surface area contributed by atoms with E-state index in [1.807, 2.05) is 0 Å². The Hall–Kier alpha value is -4.07. The molecule has 1 aliphatic heterocycles. The van der Waals surface area contributed by atoms with Crippen molar-refractivity contribution in [2.24, 2.45) is 10.2 Å². The minimum atomic E-state index is -0.979. The molecule has 12 nitrogen and oxygen atoms in total. The van der Waals surface area contributed by atoms with Crippen molar-refractivity contribution < 1.29 is 29.0 Å². The van der Waals surface area contributed by atoms with Gasteiger partial charge in [-0.1, -0.05) is 12.1 Å². The predicted octanol–water partition coefficient (Wildman–Crippen LogP) is 2.93. The molecular formula is C22H20FN5O7. The van der Waals surface area contributed by atoms with Gasteiger partial charge in [-0.2, -0.15) is 19.6 Å². The third kappa shape index (κ3) is 5.71. The second-order valence-corrected chi connectivity index (χ2v) is 7.63. The van der Waals surface area contributed by atoms with Crippen LogP contribution in [0, 0.1) is 15.9 Å². The van der Waals surface area contributed by atoms with E-state index in [9.17, 15) is 24.4 Å². The van der Waals surface area contributed by atoms with Crippen LogP contribution in [0.2, 0.25) is 0 Å². The molecule has 0 radical (unpaired) electrons. The zero-order valence-corrected chi connectivity index (χ0v) is 18.1. The molecule has 0 aliphatic carbocycles. The van der Waals surface area contributed by atoms with Gasteiger partial charge in [-0.25, -0.2) is 4.79 Å². The summed E-state index contributed by atoms with van der Waals surface area (Å²) in [5.74, 6) is -1.37. The standard InChI is InChI=1S/C22H20FN5O7/c23-17-10-27(20-9-18(30)19(11-29)35-20)22(31)24-21(17)34-12-13-1-3-14(4-2-13)25-26-15-5-7-16(8-6-15)28(32)33/h1-8,10,18-20,29-30H,9,11-12H2/t18-,19+,20+/m0/s1. The number of aromatic nitrogens is 2. The summed E-state index contributed by atoms with van der Waals surface area (Å²) in [7, 11) is 0. The first-order chi connectivity index (χ1) is 16.8. The van der Waals surface area contributed by atoms with Crippen LogP contribution in [-0.4, -0.2) is 43.5 Å². The molecule has 2 heterocycles. The Labute approximate surface area is 197 Å². The number of nitro benzene ring substituents is 1. The highest BCUT2D eigenvalue weighted by Gasteiger charge is 2.35. The molecule has 0 spiro atoms. The number of rotatable bonds is 8. The van der Waals surface area contributed by atoms with Crippen molar-refractivity contribution in [1.82, 2.24) is 9.55 Å². The molecule has 0 unspecified atom stereocenters. The Balaban J connectivity index is 1.37. The van der Waals surface area contributed by atoms with Crippen molar-refractivity contribution in [3.05, 3.63) is 86.7 Å². The maximum Gasteiger partial charge on any atom is 0.353 e. The second kappa shape index (κ2) is 10.5. The summed E-state index contributed by atoms with van der Waals surface area (Å²) in [5.41, 5.74) is 0.747. The first kappa shape index (κ1) is 24.1. The van der Waals surface area contributed by atoms with Gasteiger partial charge in [0.05, 0.1) is 35.2 Å². The molecule has 1 aliphatic rings. The third-order valence-corrected chi connectivity index (χ3v) is 5.22. The Bertz CT molecular complexity index is 1280. The third-order valence-electron chi connectivity index (χ3n) is 5.22. The molecule has 0 bridgehead atoms. The zero-order valence-electron chi connectivity index (χ0n) is 18.1. The minimum absolute atomic E-state index is 0.0142. The van der Waals surface area contributed by atoms with Crippen LogP contribution < -0.4 is 10.4 Å². The van der Waals surface area contributed by atoms with Crippen LogP contribution in [0.1, 0.15) is 18.2 Å². The first-order valence-corrected chi connectivity index (χ1v) is 10.4. The van der Waals surface area contributed by atoms with Crippen LogP contribution in [-0.2, 0) is 11.3 Å². The van der Waals surface area contributed by atoms with Gasteiger partial charge in [0.2, 0.25) is 5.82 Å². The van der Waals surface area contributed by atoms with Crippen molar-refractivity contribution in [3.8, 4) is 5.88 Å². The zero-order chi connectivity index (χ0) is 24.9. The van der Waals surface area contributed by atoms with Crippen LogP contribution in [0.15, 0.2) is 69.8 Å². The van der Waals surface area contributed by atoms with Crippen LogP contribution in [0.25, 0.3) is 0 Å². The minimum Gasteiger partial charge on any atom is -0.471 e. The molecule has 182 valence electrons. The van der Waals surface area contributed by atoms with Gasteiger partial charge in [0.15, 0.2) is 0 Å². The number of non-ortho nitro benzene ring substituents is 1. The van der Waals surface area contributed by atoms with E-state index in [1.54, 1.807) is 24.3 Å². The smallest absolute Gasteiger partial charge is 0.353 e. The Kier molecular flexibility index (Phi) is 7.19. The van der Waals surface area contributed by atoms with Crippen LogP contribution >= 0.6 is 0 Å². The molecule has 35 heavy (non-hydrogen) atoms. The molecule has 2 aromatic carbocycles. The number of halogens is 1. The van der Waals surface area contributed by atoms with Crippen LogP contribution in [0.3, 0.4) is 0 Å². The van der Waals surface area contributed by atoms with E-state index in [0.29, 0.717) is 16.9 Å². The molecule has 1 fully saturated rings. The fourth-order valence-electron chi connectivity index (χ4n) is 3.36. The second-order valence-electron chi connectivity index (χ2n) is 7.63. The molecule has 2 N–H and O–H groups in total. The maximum atomic E-state index is 14.5. The van der Waals surface area contributed by atoms with E-state index in [1.165, 1.54) is 24.3 Å². The van der Waals surface area contributed by atoms with Crippen molar-refractivity contribution in [1.29, 1.82) is 0 Å². The van der Waals surface area contributed by atoms with Gasteiger partial charge < -0.3 is 19.7 Å². The lowest BCUT2D eigenvalue weighted by atomic mass is 10.2. The number of hydrogen-bond acceptors (Lipinski definition) is 10. The summed E-state index contributed by atoms with van der Waals surface area (Å²) in [6.45, 7) is -0.501. The van der Waals surface area contributed by atoms with Crippen molar-refractivity contribution >= 4 is 17.1 Å². The highest BCUT2D eigenvalue weighted by Crippen LogP contribution is 2.28. The lowest BCUT2D eigenvalue weighted by Crippen LogP contribution is -2.28. The Morgan fingerprint density at radius 3 is 2.37 bits per heavy atom. The van der Waals surface area contributed by atoms with E-state index in [0.717, 1.165) is 10.8 Å². The largest absolute Gasteiger partial charge is 0.471 e. The monoisotopic (exact) mass is 485 g/mol. The topological polar surface area (TPSA) is 162 Å². The number of benzene rings is 2. The van der Waals surface area contributed by atoms with E-state index in [4.69, 9.17) is 14.6 Å². The number of azo groups is 1. The quantitative estimate of drug-likeness (QED) is 0.280. The summed E-state index contributed by atoms with van der Waals surface area (Å²) in [4.78, 5) is 26.1. The van der Waals surface area contributed by atoms with E-state index >= 15 is 0 Å². The van der Waals surface area contributed by atoms with Gasteiger partial charge in [0.25, 0.3) is 11.6 Å². The van der Waals surface area contributed by atoms with Gasteiger partial charge in [-0.3, -0.25) is 14.7 Å². The van der Waals surface area contributed by atoms with Gasteiger partial charge in [0, 0.05) is 18.6 Å².